The van der Waals surface area contributed by atoms with Crippen molar-refractivity contribution in [3.05, 3.63) is 22.6 Å². The molecule has 2 rings (SSSR count). The highest BCUT2D eigenvalue weighted by Gasteiger charge is 2.33. The van der Waals surface area contributed by atoms with E-state index >= 15 is 0 Å². The molecule has 23 heavy (non-hydrogen) atoms. The Morgan fingerprint density at radius 2 is 1.70 bits per heavy atom. The van der Waals surface area contributed by atoms with E-state index in [9.17, 15) is 4.79 Å². The summed E-state index contributed by atoms with van der Waals surface area (Å²) in [7, 11) is 4.66. The molecule has 0 aromatic heterocycles. The lowest BCUT2D eigenvalue weighted by molar-refractivity contribution is -0.123. The van der Waals surface area contributed by atoms with Crippen molar-refractivity contribution in [2.75, 3.05) is 21.3 Å². The van der Waals surface area contributed by atoms with E-state index in [1.54, 1.807) is 44.4 Å². The maximum Gasteiger partial charge on any atom is 0.266 e. The molecule has 0 N–H and O–H groups in total. The van der Waals surface area contributed by atoms with Crippen LogP contribution in [0.5, 0.6) is 17.2 Å². The van der Waals surface area contributed by atoms with Crippen LogP contribution in [0.3, 0.4) is 0 Å². The summed E-state index contributed by atoms with van der Waals surface area (Å²) in [5, 5.41) is 0. The zero-order valence-electron chi connectivity index (χ0n) is 13.7. The minimum atomic E-state index is -0.0799. The zero-order valence-corrected chi connectivity index (χ0v) is 15.3. The fourth-order valence-corrected chi connectivity index (χ4v) is 3.79. The number of thiocarbonyl (C=S) groups is 1. The van der Waals surface area contributed by atoms with Gasteiger partial charge in [-0.15, -0.1) is 0 Å². The first-order chi connectivity index (χ1) is 10.9. The molecule has 1 heterocycles. The van der Waals surface area contributed by atoms with Crippen LogP contribution in [0.4, 0.5) is 0 Å². The Labute approximate surface area is 145 Å². The molecule has 0 bridgehead atoms. The Bertz CT molecular complexity index is 645. The van der Waals surface area contributed by atoms with Crippen molar-refractivity contribution in [3.8, 4) is 17.2 Å². The third-order valence-corrected chi connectivity index (χ3v) is 4.66. The first-order valence-corrected chi connectivity index (χ1v) is 8.22. The van der Waals surface area contributed by atoms with E-state index in [1.165, 1.54) is 11.8 Å². The molecule has 1 amide bonds. The molecule has 5 nitrogen and oxygen atoms in total. The molecule has 1 saturated heterocycles. The van der Waals surface area contributed by atoms with Gasteiger partial charge in [0.1, 0.15) is 4.32 Å². The van der Waals surface area contributed by atoms with Crippen molar-refractivity contribution < 1.29 is 19.0 Å². The molecule has 7 heteroatoms. The topological polar surface area (TPSA) is 48.0 Å². The van der Waals surface area contributed by atoms with E-state index in [1.807, 2.05) is 13.8 Å². The number of methoxy groups -OCH3 is 3. The van der Waals surface area contributed by atoms with Gasteiger partial charge in [0.25, 0.3) is 5.91 Å². The summed E-state index contributed by atoms with van der Waals surface area (Å²) in [5.41, 5.74) is 0.781. The molecule has 0 radical (unpaired) electrons. The van der Waals surface area contributed by atoms with Crippen molar-refractivity contribution in [2.24, 2.45) is 0 Å². The Morgan fingerprint density at radius 3 is 2.09 bits per heavy atom. The van der Waals surface area contributed by atoms with Crippen LogP contribution in [0.15, 0.2) is 17.0 Å². The fraction of sp³-hybridized carbons (Fsp3) is 0.375. The van der Waals surface area contributed by atoms with Gasteiger partial charge in [0.15, 0.2) is 11.5 Å². The van der Waals surface area contributed by atoms with Gasteiger partial charge in [0.2, 0.25) is 5.75 Å². The second kappa shape index (κ2) is 7.23. The molecule has 1 aromatic carbocycles. The average Bonchev–Trinajstić information content (AvgIpc) is 2.80. The van der Waals surface area contributed by atoms with Crippen molar-refractivity contribution in [1.82, 2.24) is 4.90 Å². The van der Waals surface area contributed by atoms with Gasteiger partial charge >= 0.3 is 0 Å². The molecule has 0 atom stereocenters. The Hall–Kier alpha value is -1.73. The quantitative estimate of drug-likeness (QED) is 0.598. The van der Waals surface area contributed by atoms with Crippen LogP contribution in [-0.2, 0) is 4.79 Å². The van der Waals surface area contributed by atoms with E-state index in [2.05, 4.69) is 0 Å². The molecule has 0 spiro atoms. The normalized spacial score (nSPS) is 16.4. The highest BCUT2D eigenvalue weighted by atomic mass is 32.2. The highest BCUT2D eigenvalue weighted by molar-refractivity contribution is 8.26. The number of hydrogen-bond acceptors (Lipinski definition) is 6. The van der Waals surface area contributed by atoms with Crippen molar-refractivity contribution in [3.63, 3.8) is 0 Å². The van der Waals surface area contributed by atoms with Gasteiger partial charge in [-0.2, -0.15) is 0 Å². The summed E-state index contributed by atoms with van der Waals surface area (Å²) in [5.74, 6) is 1.51. The van der Waals surface area contributed by atoms with Crippen molar-refractivity contribution in [1.29, 1.82) is 0 Å². The number of amides is 1. The molecule has 1 aliphatic rings. The molecule has 1 fully saturated rings. The van der Waals surface area contributed by atoms with Crippen LogP contribution >= 0.6 is 24.0 Å². The van der Waals surface area contributed by atoms with Crippen LogP contribution in [0.25, 0.3) is 6.08 Å². The highest BCUT2D eigenvalue weighted by Crippen LogP contribution is 2.40. The van der Waals surface area contributed by atoms with Crippen LogP contribution in [0.1, 0.15) is 19.4 Å². The second-order valence-corrected chi connectivity index (χ2v) is 6.78. The fourth-order valence-electron chi connectivity index (χ4n) is 2.26. The van der Waals surface area contributed by atoms with Gasteiger partial charge in [-0.25, -0.2) is 0 Å². The number of rotatable bonds is 5. The summed E-state index contributed by atoms with van der Waals surface area (Å²) in [4.78, 5) is 14.7. The molecule has 1 aromatic rings. The summed E-state index contributed by atoms with van der Waals surface area (Å²) in [6.07, 6.45) is 1.78. The smallest absolute Gasteiger partial charge is 0.266 e. The van der Waals surface area contributed by atoms with Gasteiger partial charge in [0.05, 0.1) is 26.2 Å². The number of ether oxygens (including phenoxy) is 3. The number of hydrogen-bond donors (Lipinski definition) is 0. The van der Waals surface area contributed by atoms with Crippen molar-refractivity contribution in [2.45, 2.75) is 19.9 Å². The maximum absolute atomic E-state index is 12.5. The number of carbonyl (C=O) groups excluding carboxylic acids is 1. The third-order valence-electron chi connectivity index (χ3n) is 3.32. The van der Waals surface area contributed by atoms with Crippen LogP contribution in [-0.4, -0.2) is 42.5 Å². The SMILES string of the molecule is COc1cc(C=C2SC(=S)N(C(C)C)C2=O)cc(OC)c1OC. The molecule has 0 saturated carbocycles. The monoisotopic (exact) mass is 353 g/mol. The summed E-state index contributed by atoms with van der Waals surface area (Å²) < 4.78 is 16.5. The van der Waals surface area contributed by atoms with E-state index in [4.69, 9.17) is 26.4 Å². The van der Waals surface area contributed by atoms with Gasteiger partial charge < -0.3 is 14.2 Å². The van der Waals surface area contributed by atoms with Gasteiger partial charge in [-0.3, -0.25) is 9.69 Å². The lowest BCUT2D eigenvalue weighted by Gasteiger charge is -2.18. The minimum Gasteiger partial charge on any atom is -0.493 e. The average molecular weight is 353 g/mol. The number of carbonyl (C=O) groups is 1. The minimum absolute atomic E-state index is 0.0355. The number of thioether (sulfide) groups is 1. The lowest BCUT2D eigenvalue weighted by atomic mass is 10.1. The van der Waals surface area contributed by atoms with E-state index in [0.717, 1.165) is 5.56 Å². The third kappa shape index (κ3) is 3.45. The Balaban J connectivity index is 2.44. The van der Waals surface area contributed by atoms with E-state index < -0.39 is 0 Å². The molecule has 0 unspecified atom stereocenters. The van der Waals surface area contributed by atoms with E-state index in [0.29, 0.717) is 26.5 Å². The predicted molar refractivity (Wildman–Crippen MR) is 96.2 cm³/mol. The second-order valence-electron chi connectivity index (χ2n) is 5.10. The van der Waals surface area contributed by atoms with Gasteiger partial charge in [-0.05, 0) is 37.6 Å². The van der Waals surface area contributed by atoms with Crippen LogP contribution in [0.2, 0.25) is 0 Å². The molecule has 124 valence electrons. The first kappa shape index (κ1) is 17.6. The molecule has 0 aliphatic carbocycles. The van der Waals surface area contributed by atoms with Crippen LogP contribution in [0, 0.1) is 0 Å². The summed E-state index contributed by atoms with van der Waals surface area (Å²) in [6.45, 7) is 3.88. The molecular weight excluding hydrogens is 334 g/mol. The first-order valence-electron chi connectivity index (χ1n) is 7.00. The molecular formula is C16H19NO4S2. The Kier molecular flexibility index (Phi) is 5.54. The molecule has 1 aliphatic heterocycles. The van der Waals surface area contributed by atoms with Crippen molar-refractivity contribution >= 4 is 40.3 Å². The zero-order chi connectivity index (χ0) is 17.1. The predicted octanol–water partition coefficient (Wildman–Crippen LogP) is 3.32. The number of nitrogens with zero attached hydrogens (tertiary/aromatic N) is 1. The number of benzene rings is 1. The van der Waals surface area contributed by atoms with Gasteiger partial charge in [-0.1, -0.05) is 24.0 Å². The summed E-state index contributed by atoms with van der Waals surface area (Å²) in [6, 6.07) is 3.63. The van der Waals surface area contributed by atoms with E-state index in [-0.39, 0.29) is 11.9 Å². The summed E-state index contributed by atoms with van der Waals surface area (Å²) >= 11 is 6.58. The van der Waals surface area contributed by atoms with Gasteiger partial charge in [0, 0.05) is 6.04 Å². The largest absolute Gasteiger partial charge is 0.493 e. The standard InChI is InChI=1S/C16H19NO4S2/c1-9(2)17-15(18)13(23-16(17)22)8-10-6-11(19-3)14(21-5)12(7-10)20-4/h6-9H,1-5H3. The van der Waals surface area contributed by atoms with Crippen LogP contribution < -0.4 is 14.2 Å². The lowest BCUT2D eigenvalue weighted by Crippen LogP contribution is -2.34. The maximum atomic E-state index is 12.5. The Morgan fingerprint density at radius 1 is 1.13 bits per heavy atom.